The number of nitrogens with zero attached hydrogens (tertiary/aromatic N) is 1. The number of hydrogen-bond donors (Lipinski definition) is 1. The highest BCUT2D eigenvalue weighted by Gasteiger charge is 2.08. The molecule has 0 atom stereocenters. The molecule has 4 heteroatoms. The van der Waals surface area contributed by atoms with Crippen molar-refractivity contribution in [3.63, 3.8) is 0 Å². The highest BCUT2D eigenvalue weighted by molar-refractivity contribution is 7.80. The Hall–Kier alpha value is -1.16. The lowest BCUT2D eigenvalue weighted by molar-refractivity contribution is 0.286. The fourth-order valence-corrected chi connectivity index (χ4v) is 1.65. The number of nitrogens with two attached hydrogens (primary N) is 1. The maximum atomic E-state index is 5.65. The summed E-state index contributed by atoms with van der Waals surface area (Å²) >= 11 is 4.97. The molecule has 0 spiro atoms. The van der Waals surface area contributed by atoms with Gasteiger partial charge in [-0.3, -0.25) is 0 Å². The van der Waals surface area contributed by atoms with Crippen molar-refractivity contribution >= 4 is 17.2 Å². The number of hydrogen-bond acceptors (Lipinski definition) is 3. The fourth-order valence-electron chi connectivity index (χ4n) is 1.49. The van der Waals surface area contributed by atoms with Crippen LogP contribution in [0.15, 0.2) is 12.1 Å². The first-order chi connectivity index (χ1) is 8.00. The van der Waals surface area contributed by atoms with Crippen LogP contribution < -0.4 is 10.5 Å². The van der Waals surface area contributed by atoms with Gasteiger partial charge in [0.2, 0.25) is 5.88 Å². The number of pyridine rings is 1. The summed E-state index contributed by atoms with van der Waals surface area (Å²) in [6.45, 7) is 6.98. The standard InChI is InChI=1S/C13H20N2OS/c1-9(2)5-4-8-16-13-11(12(14)17)7-6-10(3)15-13/h6-7,9H,4-5,8H2,1-3H3,(H2,14,17). The number of thiocarbonyl (C=S) groups is 1. The Kier molecular flexibility index (Phi) is 5.35. The molecule has 0 aliphatic carbocycles. The Bertz CT molecular complexity index is 391. The summed E-state index contributed by atoms with van der Waals surface area (Å²) in [6.07, 6.45) is 2.16. The third-order valence-electron chi connectivity index (χ3n) is 2.43. The van der Waals surface area contributed by atoms with Gasteiger partial charge in [0.1, 0.15) is 4.99 Å². The Labute approximate surface area is 108 Å². The third kappa shape index (κ3) is 4.69. The zero-order valence-corrected chi connectivity index (χ0v) is 11.5. The average Bonchev–Trinajstić information content (AvgIpc) is 2.23. The average molecular weight is 252 g/mol. The molecule has 3 nitrogen and oxygen atoms in total. The largest absolute Gasteiger partial charge is 0.477 e. The van der Waals surface area contributed by atoms with Crippen LogP contribution in [-0.2, 0) is 0 Å². The number of aryl methyl sites for hydroxylation is 1. The van der Waals surface area contributed by atoms with E-state index in [1.807, 2.05) is 19.1 Å². The van der Waals surface area contributed by atoms with E-state index in [0.717, 1.165) is 24.1 Å². The molecule has 2 N–H and O–H groups in total. The molecule has 1 heterocycles. The van der Waals surface area contributed by atoms with Crippen molar-refractivity contribution in [3.8, 4) is 5.88 Å². The highest BCUT2D eigenvalue weighted by Crippen LogP contribution is 2.16. The van der Waals surface area contributed by atoms with Gasteiger partial charge in [0.05, 0.1) is 12.2 Å². The highest BCUT2D eigenvalue weighted by atomic mass is 32.1. The van der Waals surface area contributed by atoms with Gasteiger partial charge in [0, 0.05) is 5.69 Å². The molecule has 0 aliphatic heterocycles. The normalized spacial score (nSPS) is 10.6. The Balaban J connectivity index is 2.62. The molecular formula is C13H20N2OS. The van der Waals surface area contributed by atoms with Gasteiger partial charge in [-0.25, -0.2) is 4.98 Å². The van der Waals surface area contributed by atoms with Crippen LogP contribution in [0.5, 0.6) is 5.88 Å². The van der Waals surface area contributed by atoms with Gasteiger partial charge in [0.15, 0.2) is 0 Å². The maximum Gasteiger partial charge on any atom is 0.223 e. The van der Waals surface area contributed by atoms with E-state index in [4.69, 9.17) is 22.7 Å². The van der Waals surface area contributed by atoms with Crippen molar-refractivity contribution in [3.05, 3.63) is 23.4 Å². The molecule has 1 aromatic heterocycles. The SMILES string of the molecule is Cc1ccc(C(N)=S)c(OCCCC(C)C)n1. The molecule has 17 heavy (non-hydrogen) atoms. The van der Waals surface area contributed by atoms with Crippen molar-refractivity contribution < 1.29 is 4.74 Å². The van der Waals surface area contributed by atoms with Gasteiger partial charge in [-0.05, 0) is 37.8 Å². The molecule has 0 aliphatic rings. The predicted octanol–water partition coefficient (Wildman–Crippen LogP) is 2.84. The van der Waals surface area contributed by atoms with Crippen LogP contribution in [0, 0.1) is 12.8 Å². The summed E-state index contributed by atoms with van der Waals surface area (Å²) in [6, 6.07) is 3.75. The van der Waals surface area contributed by atoms with Crippen LogP contribution in [-0.4, -0.2) is 16.6 Å². The summed E-state index contributed by atoms with van der Waals surface area (Å²) < 4.78 is 5.65. The van der Waals surface area contributed by atoms with E-state index in [1.165, 1.54) is 0 Å². The first-order valence-corrected chi connectivity index (χ1v) is 6.31. The molecule has 1 rings (SSSR count). The van der Waals surface area contributed by atoms with Crippen LogP contribution in [0.1, 0.15) is 37.9 Å². The molecule has 0 saturated carbocycles. The van der Waals surface area contributed by atoms with Crippen LogP contribution in [0.25, 0.3) is 0 Å². The molecule has 0 unspecified atom stereocenters. The summed E-state index contributed by atoms with van der Waals surface area (Å²) in [4.78, 5) is 4.65. The van der Waals surface area contributed by atoms with Crippen molar-refractivity contribution in [2.24, 2.45) is 11.7 Å². The smallest absolute Gasteiger partial charge is 0.223 e. The second-order valence-corrected chi connectivity index (χ2v) is 4.99. The molecular weight excluding hydrogens is 232 g/mol. The zero-order chi connectivity index (χ0) is 12.8. The summed E-state index contributed by atoms with van der Waals surface area (Å²) in [5, 5.41) is 0. The second-order valence-electron chi connectivity index (χ2n) is 4.55. The van der Waals surface area contributed by atoms with E-state index in [2.05, 4.69) is 18.8 Å². The maximum absolute atomic E-state index is 5.65. The van der Waals surface area contributed by atoms with Gasteiger partial charge < -0.3 is 10.5 Å². The zero-order valence-electron chi connectivity index (χ0n) is 10.7. The van der Waals surface area contributed by atoms with Crippen molar-refractivity contribution in [1.29, 1.82) is 0 Å². The van der Waals surface area contributed by atoms with Gasteiger partial charge in [0.25, 0.3) is 0 Å². The molecule has 0 amide bonds. The molecule has 0 aromatic carbocycles. The number of rotatable bonds is 6. The first kappa shape index (κ1) is 13.9. The van der Waals surface area contributed by atoms with E-state index in [-0.39, 0.29) is 0 Å². The van der Waals surface area contributed by atoms with Gasteiger partial charge >= 0.3 is 0 Å². The van der Waals surface area contributed by atoms with Crippen LogP contribution in [0.2, 0.25) is 0 Å². The molecule has 0 radical (unpaired) electrons. The van der Waals surface area contributed by atoms with Gasteiger partial charge in [-0.15, -0.1) is 0 Å². The minimum absolute atomic E-state index is 0.330. The summed E-state index contributed by atoms with van der Waals surface area (Å²) in [5.41, 5.74) is 7.25. The van der Waals surface area contributed by atoms with E-state index in [1.54, 1.807) is 0 Å². The third-order valence-corrected chi connectivity index (χ3v) is 2.65. The Morgan fingerprint density at radius 1 is 1.47 bits per heavy atom. The van der Waals surface area contributed by atoms with E-state index >= 15 is 0 Å². The lowest BCUT2D eigenvalue weighted by Gasteiger charge is -2.10. The van der Waals surface area contributed by atoms with Crippen LogP contribution in [0.3, 0.4) is 0 Å². The topological polar surface area (TPSA) is 48.1 Å². The quantitative estimate of drug-likeness (QED) is 0.625. The monoisotopic (exact) mass is 252 g/mol. The summed E-state index contributed by atoms with van der Waals surface area (Å²) in [7, 11) is 0. The Morgan fingerprint density at radius 2 is 2.18 bits per heavy atom. The van der Waals surface area contributed by atoms with Crippen LogP contribution >= 0.6 is 12.2 Å². The van der Waals surface area contributed by atoms with Gasteiger partial charge in [-0.1, -0.05) is 26.1 Å². The molecule has 1 aromatic rings. The van der Waals surface area contributed by atoms with Crippen molar-refractivity contribution in [2.75, 3.05) is 6.61 Å². The van der Waals surface area contributed by atoms with Crippen molar-refractivity contribution in [1.82, 2.24) is 4.98 Å². The summed E-state index contributed by atoms with van der Waals surface area (Å²) in [5.74, 6) is 1.25. The molecule has 0 bridgehead atoms. The first-order valence-electron chi connectivity index (χ1n) is 5.91. The van der Waals surface area contributed by atoms with E-state index in [0.29, 0.717) is 23.4 Å². The molecule has 0 saturated heterocycles. The minimum atomic E-state index is 0.330. The fraction of sp³-hybridized carbons (Fsp3) is 0.538. The van der Waals surface area contributed by atoms with E-state index in [9.17, 15) is 0 Å². The Morgan fingerprint density at radius 3 is 2.76 bits per heavy atom. The number of aromatic nitrogens is 1. The number of ether oxygens (including phenoxy) is 1. The lowest BCUT2D eigenvalue weighted by Crippen LogP contribution is -2.13. The lowest BCUT2D eigenvalue weighted by atomic mass is 10.1. The van der Waals surface area contributed by atoms with Gasteiger partial charge in [-0.2, -0.15) is 0 Å². The predicted molar refractivity (Wildman–Crippen MR) is 74.4 cm³/mol. The second kappa shape index (κ2) is 6.55. The van der Waals surface area contributed by atoms with Crippen molar-refractivity contribution in [2.45, 2.75) is 33.6 Å². The minimum Gasteiger partial charge on any atom is -0.477 e. The van der Waals surface area contributed by atoms with E-state index < -0.39 is 0 Å². The molecule has 94 valence electrons. The van der Waals surface area contributed by atoms with Crippen LogP contribution in [0.4, 0.5) is 0 Å². The molecule has 0 fully saturated rings.